The van der Waals surface area contributed by atoms with Crippen LogP contribution in [0.4, 0.5) is 0 Å². The fraction of sp³-hybridized carbons (Fsp3) is 0.471. The van der Waals surface area contributed by atoms with Gasteiger partial charge in [-0.1, -0.05) is 30.8 Å². The Morgan fingerprint density at radius 3 is 2.86 bits per heavy atom. The lowest BCUT2D eigenvalue weighted by atomic mass is 10.3. The molecule has 0 saturated heterocycles. The number of rotatable bonds is 11. The van der Waals surface area contributed by atoms with Crippen molar-refractivity contribution < 1.29 is 14.0 Å². The molecule has 0 unspecified atom stereocenters. The normalized spacial score (nSPS) is 12.0. The van der Waals surface area contributed by atoms with Crippen LogP contribution >= 0.6 is 0 Å². The Hall–Kier alpha value is -1.81. The van der Waals surface area contributed by atoms with Crippen LogP contribution in [0.2, 0.25) is 0 Å². The van der Waals surface area contributed by atoms with E-state index >= 15 is 0 Å². The summed E-state index contributed by atoms with van der Waals surface area (Å²) >= 11 is 0. The van der Waals surface area contributed by atoms with Crippen molar-refractivity contribution in [1.82, 2.24) is 5.16 Å². The number of allylic oxidation sites excluding steroid dienone is 4. The number of nitrogens with zero attached hydrogens (tertiary/aromatic N) is 1. The molecule has 0 saturated carbocycles. The average molecular weight is 291 g/mol. The maximum absolute atomic E-state index is 5.67. The Kier molecular flexibility index (Phi) is 8.96. The van der Waals surface area contributed by atoms with Crippen molar-refractivity contribution in [2.45, 2.75) is 39.7 Å². The van der Waals surface area contributed by atoms with E-state index in [2.05, 4.69) is 24.7 Å². The molecule has 0 atom stereocenters. The molecule has 1 heterocycles. The van der Waals surface area contributed by atoms with Crippen molar-refractivity contribution in [3.63, 3.8) is 0 Å². The van der Waals surface area contributed by atoms with Crippen LogP contribution in [0.5, 0.6) is 0 Å². The Balaban J connectivity index is 2.06. The molecule has 1 aromatic rings. The van der Waals surface area contributed by atoms with Gasteiger partial charge in [-0.15, -0.1) is 0 Å². The Bertz CT molecular complexity index is 460. The van der Waals surface area contributed by atoms with Gasteiger partial charge in [0.15, 0.2) is 0 Å². The topological polar surface area (TPSA) is 44.5 Å². The molecular formula is C17H25NO3. The second kappa shape index (κ2) is 10.9. The average Bonchev–Trinajstić information content (AvgIpc) is 2.89. The highest BCUT2D eigenvalue weighted by molar-refractivity contribution is 5.16. The lowest BCUT2D eigenvalue weighted by molar-refractivity contribution is 0.105. The second-order valence-electron chi connectivity index (χ2n) is 4.65. The molecule has 0 amide bonds. The Labute approximate surface area is 127 Å². The van der Waals surface area contributed by atoms with Crippen LogP contribution in [0.1, 0.15) is 37.6 Å². The highest BCUT2D eigenvalue weighted by Crippen LogP contribution is 2.05. The third-order valence-electron chi connectivity index (χ3n) is 2.68. The molecule has 0 aliphatic carbocycles. The first-order valence-corrected chi connectivity index (χ1v) is 7.38. The quantitative estimate of drug-likeness (QED) is 0.346. The van der Waals surface area contributed by atoms with E-state index in [9.17, 15) is 0 Å². The second-order valence-corrected chi connectivity index (χ2v) is 4.65. The summed E-state index contributed by atoms with van der Waals surface area (Å²) in [5, 5.41) is 3.87. The summed E-state index contributed by atoms with van der Waals surface area (Å²) in [4.78, 5) is 0. The van der Waals surface area contributed by atoms with Crippen LogP contribution in [-0.2, 0) is 16.1 Å². The molecule has 116 valence electrons. The molecule has 4 heteroatoms. The summed E-state index contributed by atoms with van der Waals surface area (Å²) < 4.78 is 16.2. The molecule has 0 aromatic carbocycles. The van der Waals surface area contributed by atoms with E-state index in [4.69, 9.17) is 14.0 Å². The van der Waals surface area contributed by atoms with Crippen molar-refractivity contribution in [1.29, 1.82) is 0 Å². The monoisotopic (exact) mass is 291 g/mol. The highest BCUT2D eigenvalue weighted by Gasteiger charge is 2.00. The van der Waals surface area contributed by atoms with Crippen molar-refractivity contribution in [3.05, 3.63) is 54.2 Å². The van der Waals surface area contributed by atoms with Gasteiger partial charge in [0.05, 0.1) is 13.2 Å². The van der Waals surface area contributed by atoms with Crippen LogP contribution in [0.15, 0.2) is 47.2 Å². The molecule has 0 aliphatic heterocycles. The smallest absolute Gasteiger partial charge is 0.134 e. The van der Waals surface area contributed by atoms with E-state index < -0.39 is 0 Å². The molecule has 4 nitrogen and oxygen atoms in total. The molecule has 0 fully saturated rings. The van der Waals surface area contributed by atoms with Crippen LogP contribution in [0.3, 0.4) is 0 Å². The highest BCUT2D eigenvalue weighted by atomic mass is 16.5. The van der Waals surface area contributed by atoms with Crippen molar-refractivity contribution >= 4 is 0 Å². The van der Waals surface area contributed by atoms with Gasteiger partial charge in [0, 0.05) is 12.7 Å². The largest absolute Gasteiger partial charge is 0.494 e. The molecule has 0 radical (unpaired) electrons. The number of aryl methyl sites for hydroxylation is 1. The van der Waals surface area contributed by atoms with Gasteiger partial charge in [-0.3, -0.25) is 0 Å². The zero-order valence-corrected chi connectivity index (χ0v) is 13.0. The van der Waals surface area contributed by atoms with Crippen LogP contribution in [0, 0.1) is 6.92 Å². The summed E-state index contributed by atoms with van der Waals surface area (Å²) in [5.74, 6) is 1.66. The summed E-state index contributed by atoms with van der Waals surface area (Å²) in [6, 6.07) is 1.88. The fourth-order valence-electron chi connectivity index (χ4n) is 1.66. The third-order valence-corrected chi connectivity index (χ3v) is 2.68. The Morgan fingerprint density at radius 1 is 1.38 bits per heavy atom. The maximum Gasteiger partial charge on any atom is 0.134 e. The Morgan fingerprint density at radius 2 is 2.19 bits per heavy atom. The van der Waals surface area contributed by atoms with E-state index in [0.717, 1.165) is 36.5 Å². The summed E-state index contributed by atoms with van der Waals surface area (Å²) in [7, 11) is 0. The van der Waals surface area contributed by atoms with Gasteiger partial charge in [-0.2, -0.15) is 0 Å². The van der Waals surface area contributed by atoms with Gasteiger partial charge in [0.2, 0.25) is 0 Å². The van der Waals surface area contributed by atoms with Crippen LogP contribution < -0.4 is 0 Å². The zero-order chi connectivity index (χ0) is 15.3. The van der Waals surface area contributed by atoms with Crippen molar-refractivity contribution in [2.75, 3.05) is 13.2 Å². The van der Waals surface area contributed by atoms with Gasteiger partial charge in [0.25, 0.3) is 0 Å². The predicted molar refractivity (Wildman–Crippen MR) is 83.8 cm³/mol. The van der Waals surface area contributed by atoms with E-state index in [0.29, 0.717) is 19.8 Å². The number of aromatic nitrogens is 1. The van der Waals surface area contributed by atoms with E-state index in [1.807, 2.05) is 25.1 Å². The number of unbranched alkanes of at least 4 members (excludes halogenated alkanes) is 1. The minimum Gasteiger partial charge on any atom is -0.494 e. The minimum absolute atomic E-state index is 0.499. The minimum atomic E-state index is 0.499. The maximum atomic E-state index is 5.67. The molecule has 0 bridgehead atoms. The van der Waals surface area contributed by atoms with Gasteiger partial charge >= 0.3 is 0 Å². The fourth-order valence-corrected chi connectivity index (χ4v) is 1.66. The van der Waals surface area contributed by atoms with Gasteiger partial charge < -0.3 is 14.0 Å². The standard InChI is InChI=1S/C17H25NO3/c1-4-6-10-17(9-5-2)20-12-8-7-11-19-14-16-13-15(3)21-18-16/h5-6,9-10,13H,2,4,7-8,11-12,14H2,1,3H3/b10-6-,17-9+. The lowest BCUT2D eigenvalue weighted by Gasteiger charge is -2.06. The zero-order valence-electron chi connectivity index (χ0n) is 13.0. The molecule has 0 N–H and O–H groups in total. The predicted octanol–water partition coefficient (Wildman–Crippen LogP) is 4.33. The molecule has 0 spiro atoms. The van der Waals surface area contributed by atoms with Gasteiger partial charge in [-0.05, 0) is 38.3 Å². The summed E-state index contributed by atoms with van der Waals surface area (Å²) in [6.07, 6.45) is 10.5. The SMILES string of the molecule is C=C/C=C(\C=C/CC)OCCCCOCc1cc(C)on1. The number of ether oxygens (including phenoxy) is 2. The molecule has 21 heavy (non-hydrogen) atoms. The van der Waals surface area contributed by atoms with Gasteiger partial charge in [0.1, 0.15) is 17.2 Å². The molecular weight excluding hydrogens is 266 g/mol. The first-order chi connectivity index (χ1) is 10.3. The van der Waals surface area contributed by atoms with Crippen LogP contribution in [-0.4, -0.2) is 18.4 Å². The van der Waals surface area contributed by atoms with Crippen LogP contribution in [0.25, 0.3) is 0 Å². The summed E-state index contributed by atoms with van der Waals surface area (Å²) in [5.41, 5.74) is 0.838. The third kappa shape index (κ3) is 8.15. The first-order valence-electron chi connectivity index (χ1n) is 7.38. The molecule has 1 aromatic heterocycles. The van der Waals surface area contributed by atoms with Crippen molar-refractivity contribution in [3.8, 4) is 0 Å². The lowest BCUT2D eigenvalue weighted by Crippen LogP contribution is -1.99. The van der Waals surface area contributed by atoms with E-state index in [-0.39, 0.29) is 0 Å². The first kappa shape index (κ1) is 17.2. The number of hydrogen-bond donors (Lipinski definition) is 0. The molecule has 1 rings (SSSR count). The molecule has 0 aliphatic rings. The van der Waals surface area contributed by atoms with Crippen molar-refractivity contribution in [2.24, 2.45) is 0 Å². The van der Waals surface area contributed by atoms with E-state index in [1.54, 1.807) is 6.08 Å². The van der Waals surface area contributed by atoms with Gasteiger partial charge in [-0.25, -0.2) is 0 Å². The summed E-state index contributed by atoms with van der Waals surface area (Å²) in [6.45, 7) is 9.52. The number of hydrogen-bond acceptors (Lipinski definition) is 4. The van der Waals surface area contributed by atoms with E-state index in [1.165, 1.54) is 0 Å².